The molecule has 1 aliphatic heterocycles. The van der Waals surface area contributed by atoms with Gasteiger partial charge in [0.25, 0.3) is 5.91 Å². The van der Waals surface area contributed by atoms with Gasteiger partial charge in [-0.2, -0.15) is 8.42 Å². The molecule has 2 amide bonds. The number of hydrogen-bond acceptors (Lipinski definition) is 6. The van der Waals surface area contributed by atoms with E-state index in [1.165, 1.54) is 18.2 Å². The molecule has 0 radical (unpaired) electrons. The van der Waals surface area contributed by atoms with Gasteiger partial charge in [-0.05, 0) is 41.8 Å². The van der Waals surface area contributed by atoms with Crippen LogP contribution < -0.4 is 24.4 Å². The number of carbonyl (C=O) groups excluding carboxylic acids is 2. The number of fused-ring (bicyclic) bond motifs is 1. The summed E-state index contributed by atoms with van der Waals surface area (Å²) in [6, 6.07) is 15.1. The quantitative estimate of drug-likeness (QED) is 0.450. The van der Waals surface area contributed by atoms with Crippen molar-refractivity contribution in [3.8, 4) is 5.75 Å². The highest BCUT2D eigenvalue weighted by Crippen LogP contribution is 2.40. The predicted molar refractivity (Wildman–Crippen MR) is 126 cm³/mol. The van der Waals surface area contributed by atoms with Crippen molar-refractivity contribution < 1.29 is 27.1 Å². The number of amides is 2. The van der Waals surface area contributed by atoms with E-state index in [9.17, 15) is 18.0 Å². The molecule has 34 heavy (non-hydrogen) atoms. The predicted octanol–water partition coefficient (Wildman–Crippen LogP) is 2.29. The minimum absolute atomic E-state index is 0.0488. The second-order valence-corrected chi connectivity index (χ2v) is 9.21. The number of carbonyl (C=O) groups is 2. The number of nitrogens with zero attached hydrogens (tertiary/aromatic N) is 1. The minimum atomic E-state index is -4.27. The Morgan fingerprint density at radius 2 is 1.94 bits per heavy atom. The van der Waals surface area contributed by atoms with Gasteiger partial charge in [0.1, 0.15) is 24.6 Å². The number of nitrogens with one attached hydrogen (secondary N) is 3. The summed E-state index contributed by atoms with van der Waals surface area (Å²) >= 11 is 0. The van der Waals surface area contributed by atoms with Crippen LogP contribution in [-0.2, 0) is 26.4 Å². The topological polar surface area (TPSA) is 117 Å². The van der Waals surface area contributed by atoms with E-state index in [0.29, 0.717) is 21.9 Å². The van der Waals surface area contributed by atoms with Crippen LogP contribution in [0.15, 0.2) is 54.6 Å². The molecule has 9 nitrogen and oxygen atoms in total. The van der Waals surface area contributed by atoms with Gasteiger partial charge in [0, 0.05) is 11.1 Å². The normalized spacial score (nSPS) is 14.8. The lowest BCUT2D eigenvalue weighted by molar-refractivity contribution is -0.117. The number of halogens is 1. The van der Waals surface area contributed by atoms with E-state index in [-0.39, 0.29) is 35.9 Å². The average Bonchev–Trinajstić information content (AvgIpc) is 3.08. The summed E-state index contributed by atoms with van der Waals surface area (Å²) in [5, 5.41) is 6.15. The van der Waals surface area contributed by atoms with Crippen molar-refractivity contribution in [3.05, 3.63) is 66.0 Å². The lowest BCUT2D eigenvalue weighted by Crippen LogP contribution is -2.30. The Labute approximate surface area is 196 Å². The maximum atomic E-state index is 15.7. The van der Waals surface area contributed by atoms with Crippen molar-refractivity contribution in [1.82, 2.24) is 10.0 Å². The molecular formula is C23H23FN4O5S. The highest BCUT2D eigenvalue weighted by molar-refractivity contribution is 7.92. The van der Waals surface area contributed by atoms with Crippen molar-refractivity contribution in [1.29, 1.82) is 0 Å². The lowest BCUT2D eigenvalue weighted by Gasteiger charge is -2.21. The Morgan fingerprint density at radius 1 is 1.18 bits per heavy atom. The molecule has 0 aliphatic carbocycles. The molecule has 0 saturated carbocycles. The molecule has 0 spiro atoms. The third-order valence-electron chi connectivity index (χ3n) is 5.14. The summed E-state index contributed by atoms with van der Waals surface area (Å²) < 4.78 is 49.0. The fraction of sp³-hybridized carbons (Fsp3) is 0.217. The van der Waals surface area contributed by atoms with Gasteiger partial charge in [0.2, 0.25) is 5.91 Å². The SMILES string of the molecule is CCNCC(=O)Nc1ccc2c(F)c(N3CC(=O)NS3(=O)=O)c(OCc3ccccc3)cc2c1. The Morgan fingerprint density at radius 3 is 2.62 bits per heavy atom. The van der Waals surface area contributed by atoms with Crippen molar-refractivity contribution in [2.24, 2.45) is 0 Å². The van der Waals surface area contributed by atoms with Gasteiger partial charge in [-0.15, -0.1) is 0 Å². The van der Waals surface area contributed by atoms with Gasteiger partial charge < -0.3 is 15.4 Å². The Hall–Kier alpha value is -3.70. The van der Waals surface area contributed by atoms with Crippen LogP contribution in [0.1, 0.15) is 12.5 Å². The van der Waals surface area contributed by atoms with Gasteiger partial charge in [0.05, 0.1) is 6.54 Å². The molecule has 1 aliphatic rings. The lowest BCUT2D eigenvalue weighted by atomic mass is 10.1. The van der Waals surface area contributed by atoms with Gasteiger partial charge >= 0.3 is 10.2 Å². The van der Waals surface area contributed by atoms with Crippen molar-refractivity contribution in [3.63, 3.8) is 0 Å². The summed E-state index contributed by atoms with van der Waals surface area (Å²) in [6.45, 7) is 2.13. The highest BCUT2D eigenvalue weighted by atomic mass is 32.2. The first kappa shape index (κ1) is 23.5. The maximum Gasteiger partial charge on any atom is 0.326 e. The van der Waals surface area contributed by atoms with E-state index in [1.807, 2.05) is 42.0 Å². The number of hydrogen-bond donors (Lipinski definition) is 3. The second kappa shape index (κ2) is 9.65. The first-order chi connectivity index (χ1) is 16.3. The third-order valence-corrected chi connectivity index (χ3v) is 6.52. The van der Waals surface area contributed by atoms with Crippen molar-refractivity contribution >= 4 is 44.2 Å². The van der Waals surface area contributed by atoms with E-state index in [4.69, 9.17) is 4.74 Å². The number of rotatable bonds is 8. The van der Waals surface area contributed by atoms with E-state index in [2.05, 4.69) is 10.6 Å². The number of anilines is 2. The van der Waals surface area contributed by atoms with Gasteiger partial charge in [-0.1, -0.05) is 37.3 Å². The zero-order valence-electron chi connectivity index (χ0n) is 18.3. The summed E-state index contributed by atoms with van der Waals surface area (Å²) in [4.78, 5) is 23.8. The van der Waals surface area contributed by atoms with E-state index in [0.717, 1.165) is 5.56 Å². The summed E-state index contributed by atoms with van der Waals surface area (Å²) in [5.74, 6) is -1.94. The van der Waals surface area contributed by atoms with Gasteiger partial charge in [0.15, 0.2) is 5.82 Å². The second-order valence-electron chi connectivity index (χ2n) is 7.61. The van der Waals surface area contributed by atoms with Crippen LogP contribution in [-0.4, -0.2) is 39.9 Å². The molecule has 0 bridgehead atoms. The monoisotopic (exact) mass is 486 g/mol. The van der Waals surface area contributed by atoms with Crippen LogP contribution in [0, 0.1) is 5.82 Å². The fourth-order valence-electron chi connectivity index (χ4n) is 3.57. The fourth-order valence-corrected chi connectivity index (χ4v) is 4.73. The highest BCUT2D eigenvalue weighted by Gasteiger charge is 2.38. The number of ether oxygens (including phenoxy) is 1. The summed E-state index contributed by atoms with van der Waals surface area (Å²) in [6.07, 6.45) is 0. The largest absolute Gasteiger partial charge is 0.487 e. The molecule has 0 unspecified atom stereocenters. The molecule has 0 aromatic heterocycles. The van der Waals surface area contributed by atoms with Crippen molar-refractivity contribution in [2.75, 3.05) is 29.3 Å². The summed E-state index contributed by atoms with van der Waals surface area (Å²) in [5.41, 5.74) is 0.879. The van der Waals surface area contributed by atoms with Gasteiger partial charge in [-0.25, -0.2) is 13.4 Å². The van der Waals surface area contributed by atoms with E-state index in [1.54, 1.807) is 6.07 Å². The third kappa shape index (κ3) is 4.95. The molecule has 3 aromatic rings. The van der Waals surface area contributed by atoms with Crippen LogP contribution in [0.5, 0.6) is 5.75 Å². The zero-order chi connectivity index (χ0) is 24.3. The summed E-state index contributed by atoms with van der Waals surface area (Å²) in [7, 11) is -4.27. The first-order valence-corrected chi connectivity index (χ1v) is 12.0. The van der Waals surface area contributed by atoms with Crippen LogP contribution >= 0.6 is 0 Å². The van der Waals surface area contributed by atoms with E-state index < -0.39 is 28.5 Å². The minimum Gasteiger partial charge on any atom is -0.487 e. The molecule has 1 saturated heterocycles. The molecule has 3 N–H and O–H groups in total. The van der Waals surface area contributed by atoms with Crippen molar-refractivity contribution in [2.45, 2.75) is 13.5 Å². The average molecular weight is 487 g/mol. The Bertz CT molecular complexity index is 1350. The van der Waals surface area contributed by atoms with Crippen LogP contribution in [0.2, 0.25) is 0 Å². The molecule has 0 atom stereocenters. The van der Waals surface area contributed by atoms with Crippen LogP contribution in [0.3, 0.4) is 0 Å². The molecule has 1 fully saturated rings. The molecule has 178 valence electrons. The molecule has 11 heteroatoms. The van der Waals surface area contributed by atoms with Crippen LogP contribution in [0.25, 0.3) is 10.8 Å². The Kier molecular flexibility index (Phi) is 6.66. The first-order valence-electron chi connectivity index (χ1n) is 10.6. The van der Waals surface area contributed by atoms with Crippen LogP contribution in [0.4, 0.5) is 15.8 Å². The standard InChI is InChI=1S/C23H23FN4O5S/c1-2-25-12-20(29)26-17-8-9-18-16(10-17)11-19(33-14-15-6-4-3-5-7-15)23(22(18)24)28-13-21(30)27-34(28,31)32/h3-11,25H,2,12-14H2,1H3,(H,26,29)(H,27,30). The molecule has 4 rings (SSSR count). The number of likely N-dealkylation sites (N-methyl/N-ethyl adjacent to an activating group) is 1. The maximum absolute atomic E-state index is 15.7. The smallest absolute Gasteiger partial charge is 0.326 e. The molecule has 1 heterocycles. The van der Waals surface area contributed by atoms with Gasteiger partial charge in [-0.3, -0.25) is 9.59 Å². The molecule has 3 aromatic carbocycles. The molecular weight excluding hydrogens is 463 g/mol. The number of benzene rings is 3. The zero-order valence-corrected chi connectivity index (χ0v) is 19.1. The van der Waals surface area contributed by atoms with E-state index >= 15 is 4.39 Å². The Balaban J connectivity index is 1.76.